The molecule has 1 N–H and O–H groups in total. The van der Waals surface area contributed by atoms with Crippen LogP contribution in [0.4, 0.5) is 5.69 Å². The van der Waals surface area contributed by atoms with Crippen LogP contribution in [-0.4, -0.2) is 28.2 Å². The zero-order valence-corrected chi connectivity index (χ0v) is 12.3. The summed E-state index contributed by atoms with van der Waals surface area (Å²) in [4.78, 5) is 22.4. The molecule has 2 aromatic rings. The molecule has 0 saturated carbocycles. The second-order valence-electron chi connectivity index (χ2n) is 4.98. The minimum atomic E-state index is -0.502. The van der Waals surface area contributed by atoms with E-state index in [-0.39, 0.29) is 22.8 Å². The first-order chi connectivity index (χ1) is 11.6. The van der Waals surface area contributed by atoms with E-state index in [4.69, 9.17) is 0 Å². The predicted molar refractivity (Wildman–Crippen MR) is 89.5 cm³/mol. The number of Topliss-reactive ketones (excluding diaryl/α,β-unsaturated/α-hetero) is 1. The number of hydrogen-bond acceptors (Lipinski definition) is 6. The van der Waals surface area contributed by atoms with E-state index in [1.165, 1.54) is 30.6 Å². The number of non-ortho nitro benzene ring substituents is 1. The minimum absolute atomic E-state index is 0.0512. The van der Waals surface area contributed by atoms with Gasteiger partial charge in [0.2, 0.25) is 0 Å². The van der Waals surface area contributed by atoms with E-state index in [1.807, 2.05) is 0 Å². The fourth-order valence-corrected chi connectivity index (χ4v) is 2.31. The van der Waals surface area contributed by atoms with E-state index in [2.05, 4.69) is 10.2 Å². The van der Waals surface area contributed by atoms with Crippen LogP contribution in [0.3, 0.4) is 0 Å². The van der Waals surface area contributed by atoms with E-state index in [1.54, 1.807) is 30.3 Å². The second kappa shape index (κ2) is 6.25. The number of nitro groups is 1. The van der Waals surface area contributed by atoms with Crippen LogP contribution < -0.4 is 0 Å². The van der Waals surface area contributed by atoms with E-state index >= 15 is 0 Å². The summed E-state index contributed by atoms with van der Waals surface area (Å²) in [7, 11) is 0. The maximum Gasteiger partial charge on any atom is 0.270 e. The summed E-state index contributed by atoms with van der Waals surface area (Å²) in [5.41, 5.74) is 1.39. The van der Waals surface area contributed by atoms with Crippen LogP contribution in [0.15, 0.2) is 64.3 Å². The lowest BCUT2D eigenvalue weighted by atomic mass is 10.1. The average molecular weight is 321 g/mol. The van der Waals surface area contributed by atoms with Gasteiger partial charge < -0.3 is 5.11 Å². The highest BCUT2D eigenvalue weighted by atomic mass is 16.6. The summed E-state index contributed by atoms with van der Waals surface area (Å²) in [6, 6.07) is 12.6. The average Bonchev–Trinajstić information content (AvgIpc) is 2.84. The Morgan fingerprint density at radius 1 is 1.00 bits per heavy atom. The number of nitro benzene ring substituents is 1. The van der Waals surface area contributed by atoms with Gasteiger partial charge in [0.05, 0.1) is 22.9 Å². The van der Waals surface area contributed by atoms with Crippen molar-refractivity contribution in [2.45, 2.75) is 0 Å². The Balaban J connectivity index is 1.78. The standard InChI is InChI=1S/C17H11N3O4/c21-16-13-6-1-2-7-14(13)17(22)15(16)10-19-18-9-11-4-3-5-12(8-11)20(23)24/h1-10,21H/b18-9-,19-10+. The van der Waals surface area contributed by atoms with Gasteiger partial charge in [-0.25, -0.2) is 0 Å². The molecule has 0 radical (unpaired) electrons. The topological polar surface area (TPSA) is 105 Å². The number of fused-ring (bicyclic) bond motifs is 1. The number of aliphatic hydroxyl groups is 1. The molecule has 0 fully saturated rings. The van der Waals surface area contributed by atoms with Crippen molar-refractivity contribution in [3.8, 4) is 0 Å². The van der Waals surface area contributed by atoms with Gasteiger partial charge in [0.25, 0.3) is 5.69 Å². The second-order valence-corrected chi connectivity index (χ2v) is 4.98. The van der Waals surface area contributed by atoms with Crippen LogP contribution >= 0.6 is 0 Å². The number of allylic oxidation sites excluding steroid dienone is 1. The molecule has 7 nitrogen and oxygen atoms in total. The minimum Gasteiger partial charge on any atom is -0.506 e. The highest BCUT2D eigenvalue weighted by molar-refractivity contribution is 6.30. The lowest BCUT2D eigenvalue weighted by Gasteiger charge is -1.95. The molecule has 0 atom stereocenters. The predicted octanol–water partition coefficient (Wildman–Crippen LogP) is 3.17. The molecule has 1 aliphatic rings. The number of aliphatic hydroxyl groups excluding tert-OH is 1. The van der Waals surface area contributed by atoms with E-state index < -0.39 is 4.92 Å². The first-order valence-electron chi connectivity index (χ1n) is 6.96. The molecule has 0 unspecified atom stereocenters. The van der Waals surface area contributed by atoms with Crippen molar-refractivity contribution in [1.29, 1.82) is 0 Å². The Kier molecular flexibility index (Phi) is 3.98. The Labute approximate surface area is 136 Å². The number of ketones is 1. The number of carbonyl (C=O) groups excluding carboxylic acids is 1. The molecule has 118 valence electrons. The summed E-state index contributed by atoms with van der Waals surface area (Å²) in [5, 5.41) is 28.3. The third kappa shape index (κ3) is 2.82. The fraction of sp³-hybridized carbons (Fsp3) is 0. The molecular formula is C17H11N3O4. The molecule has 3 rings (SSSR count). The quantitative estimate of drug-likeness (QED) is 0.530. The monoisotopic (exact) mass is 321 g/mol. The van der Waals surface area contributed by atoms with Crippen LogP contribution in [-0.2, 0) is 0 Å². The van der Waals surface area contributed by atoms with Gasteiger partial charge in [0.1, 0.15) is 5.76 Å². The van der Waals surface area contributed by atoms with Crippen molar-refractivity contribution in [1.82, 2.24) is 0 Å². The molecule has 1 aliphatic carbocycles. The molecular weight excluding hydrogens is 310 g/mol. The van der Waals surface area contributed by atoms with Gasteiger partial charge >= 0.3 is 0 Å². The lowest BCUT2D eigenvalue weighted by molar-refractivity contribution is -0.384. The van der Waals surface area contributed by atoms with Crippen LogP contribution in [0.2, 0.25) is 0 Å². The third-order valence-electron chi connectivity index (χ3n) is 3.47. The van der Waals surface area contributed by atoms with Gasteiger partial charge in [-0.1, -0.05) is 36.4 Å². The smallest absolute Gasteiger partial charge is 0.270 e. The fourth-order valence-electron chi connectivity index (χ4n) is 2.31. The molecule has 24 heavy (non-hydrogen) atoms. The first-order valence-corrected chi connectivity index (χ1v) is 6.96. The van der Waals surface area contributed by atoms with Gasteiger partial charge in [0.15, 0.2) is 5.78 Å². The number of nitrogens with zero attached hydrogens (tertiary/aromatic N) is 3. The molecule has 0 saturated heterocycles. The number of benzene rings is 2. The Bertz CT molecular complexity index is 929. The number of rotatable bonds is 4. The Hall–Kier alpha value is -3.61. The molecule has 0 aliphatic heterocycles. The molecule has 7 heteroatoms. The van der Waals surface area contributed by atoms with Gasteiger partial charge in [-0.3, -0.25) is 14.9 Å². The molecule has 0 aromatic heterocycles. The zero-order chi connectivity index (χ0) is 17.1. The normalized spacial score (nSPS) is 13.9. The SMILES string of the molecule is O=C1C(/C=N/N=C\c2cccc([N+](=O)[O-])c2)=C(O)c2ccccc21. The number of carbonyl (C=O) groups is 1. The Morgan fingerprint density at radius 2 is 1.71 bits per heavy atom. The maximum atomic E-state index is 12.2. The van der Waals surface area contributed by atoms with Crippen molar-refractivity contribution in [3.63, 3.8) is 0 Å². The summed E-state index contributed by atoms with van der Waals surface area (Å²) in [6.07, 6.45) is 2.50. The van der Waals surface area contributed by atoms with Crippen molar-refractivity contribution in [3.05, 3.63) is 80.9 Å². The van der Waals surface area contributed by atoms with Gasteiger partial charge in [-0.2, -0.15) is 10.2 Å². The van der Waals surface area contributed by atoms with Crippen LogP contribution in [0.1, 0.15) is 21.5 Å². The summed E-state index contributed by atoms with van der Waals surface area (Å²) < 4.78 is 0. The summed E-state index contributed by atoms with van der Waals surface area (Å²) >= 11 is 0. The van der Waals surface area contributed by atoms with Crippen LogP contribution in [0.25, 0.3) is 5.76 Å². The highest BCUT2D eigenvalue weighted by Gasteiger charge is 2.27. The highest BCUT2D eigenvalue weighted by Crippen LogP contribution is 2.29. The molecule has 0 bridgehead atoms. The van der Waals surface area contributed by atoms with Gasteiger partial charge in [-0.05, 0) is 0 Å². The van der Waals surface area contributed by atoms with Crippen molar-refractivity contribution < 1.29 is 14.8 Å². The zero-order valence-electron chi connectivity index (χ0n) is 12.3. The van der Waals surface area contributed by atoms with Gasteiger partial charge in [0, 0.05) is 28.8 Å². The van der Waals surface area contributed by atoms with E-state index in [9.17, 15) is 20.0 Å². The van der Waals surface area contributed by atoms with Crippen LogP contribution in [0.5, 0.6) is 0 Å². The molecule has 0 spiro atoms. The van der Waals surface area contributed by atoms with E-state index in [0.29, 0.717) is 16.7 Å². The Morgan fingerprint density at radius 3 is 2.42 bits per heavy atom. The van der Waals surface area contributed by atoms with Gasteiger partial charge in [-0.15, -0.1) is 0 Å². The third-order valence-corrected chi connectivity index (χ3v) is 3.47. The maximum absolute atomic E-state index is 12.2. The van der Waals surface area contributed by atoms with Crippen molar-refractivity contribution in [2.75, 3.05) is 0 Å². The van der Waals surface area contributed by atoms with Crippen molar-refractivity contribution >= 4 is 29.7 Å². The van der Waals surface area contributed by atoms with E-state index in [0.717, 1.165) is 0 Å². The molecule has 0 heterocycles. The van der Waals surface area contributed by atoms with Crippen LogP contribution in [0, 0.1) is 10.1 Å². The summed E-state index contributed by atoms with van der Waals surface area (Å²) in [5.74, 6) is -0.456. The molecule has 0 amide bonds. The lowest BCUT2D eigenvalue weighted by Crippen LogP contribution is -1.99. The summed E-state index contributed by atoms with van der Waals surface area (Å²) in [6.45, 7) is 0. The first kappa shape index (κ1) is 15.3. The van der Waals surface area contributed by atoms with Crippen molar-refractivity contribution in [2.24, 2.45) is 10.2 Å². The largest absolute Gasteiger partial charge is 0.506 e. The molecule has 2 aromatic carbocycles. The number of hydrogen-bond donors (Lipinski definition) is 1.